The second kappa shape index (κ2) is 4.52. The molecule has 0 saturated carbocycles. The van der Waals surface area contributed by atoms with Gasteiger partial charge in [0.15, 0.2) is 18.2 Å². The number of benzene rings is 1. The molecule has 5 nitrogen and oxygen atoms in total. The van der Waals surface area contributed by atoms with Crippen LogP contribution in [-0.4, -0.2) is 25.3 Å². The number of carbonyl (C=O) groups excluding carboxylic acids is 2. The monoisotopic (exact) mass is 271 g/mol. The molecule has 0 bridgehead atoms. The lowest BCUT2D eigenvalue weighted by molar-refractivity contribution is -0.125. The summed E-state index contributed by atoms with van der Waals surface area (Å²) in [5.74, 6) is 1.41. The van der Waals surface area contributed by atoms with Crippen LogP contribution in [0.2, 0.25) is 0 Å². The fourth-order valence-corrected chi connectivity index (χ4v) is 2.24. The molecule has 0 fully saturated rings. The van der Waals surface area contributed by atoms with Gasteiger partial charge in [0.05, 0.1) is 5.69 Å². The quantitative estimate of drug-likeness (QED) is 0.787. The molecular weight excluding hydrogens is 258 g/mol. The SMILES string of the molecule is CC1Oc2cc(-c3ccc(C=O)o3)ccc2N(C)C1=O. The van der Waals surface area contributed by atoms with Crippen molar-refractivity contribution in [1.82, 2.24) is 0 Å². The summed E-state index contributed by atoms with van der Waals surface area (Å²) in [7, 11) is 1.72. The van der Waals surface area contributed by atoms with E-state index in [9.17, 15) is 9.59 Å². The molecule has 102 valence electrons. The van der Waals surface area contributed by atoms with Gasteiger partial charge in [0, 0.05) is 12.6 Å². The third-order valence-corrected chi connectivity index (χ3v) is 3.33. The Kier molecular flexibility index (Phi) is 2.82. The number of carbonyl (C=O) groups is 2. The Morgan fingerprint density at radius 3 is 2.75 bits per heavy atom. The Bertz CT molecular complexity index is 689. The van der Waals surface area contributed by atoms with Gasteiger partial charge in [0.2, 0.25) is 0 Å². The molecule has 0 N–H and O–H groups in total. The molecule has 0 saturated heterocycles. The van der Waals surface area contributed by atoms with E-state index >= 15 is 0 Å². The van der Waals surface area contributed by atoms with Gasteiger partial charge in [-0.25, -0.2) is 0 Å². The minimum absolute atomic E-state index is 0.0773. The van der Waals surface area contributed by atoms with E-state index in [1.54, 1.807) is 37.1 Å². The molecule has 1 aromatic heterocycles. The highest BCUT2D eigenvalue weighted by Crippen LogP contribution is 2.37. The van der Waals surface area contributed by atoms with Gasteiger partial charge in [-0.2, -0.15) is 0 Å². The van der Waals surface area contributed by atoms with E-state index in [0.29, 0.717) is 17.8 Å². The number of fused-ring (bicyclic) bond motifs is 1. The van der Waals surface area contributed by atoms with Crippen LogP contribution in [0.3, 0.4) is 0 Å². The van der Waals surface area contributed by atoms with Crippen molar-refractivity contribution in [2.24, 2.45) is 0 Å². The molecule has 20 heavy (non-hydrogen) atoms. The molecule has 0 radical (unpaired) electrons. The summed E-state index contributed by atoms with van der Waals surface area (Å²) in [6.45, 7) is 1.71. The van der Waals surface area contributed by atoms with Crippen LogP contribution in [0.25, 0.3) is 11.3 Å². The van der Waals surface area contributed by atoms with Crippen LogP contribution in [0.15, 0.2) is 34.7 Å². The average molecular weight is 271 g/mol. The first-order valence-electron chi connectivity index (χ1n) is 6.24. The molecule has 0 aliphatic carbocycles. The lowest BCUT2D eigenvalue weighted by Crippen LogP contribution is -2.41. The fourth-order valence-electron chi connectivity index (χ4n) is 2.24. The predicted molar refractivity (Wildman–Crippen MR) is 73.0 cm³/mol. The van der Waals surface area contributed by atoms with Gasteiger partial charge >= 0.3 is 0 Å². The Morgan fingerprint density at radius 2 is 2.05 bits per heavy atom. The normalized spacial score (nSPS) is 17.6. The van der Waals surface area contributed by atoms with Gasteiger partial charge in [-0.3, -0.25) is 9.59 Å². The largest absolute Gasteiger partial charge is 0.479 e. The summed E-state index contributed by atoms with van der Waals surface area (Å²) in [5, 5.41) is 0. The maximum absolute atomic E-state index is 11.8. The van der Waals surface area contributed by atoms with E-state index in [1.807, 2.05) is 12.1 Å². The zero-order valence-corrected chi connectivity index (χ0v) is 11.1. The van der Waals surface area contributed by atoms with E-state index in [4.69, 9.17) is 9.15 Å². The lowest BCUT2D eigenvalue weighted by Gasteiger charge is -2.30. The first kappa shape index (κ1) is 12.5. The second-order valence-electron chi connectivity index (χ2n) is 4.66. The first-order valence-corrected chi connectivity index (χ1v) is 6.24. The maximum Gasteiger partial charge on any atom is 0.267 e. The number of likely N-dealkylation sites (N-methyl/N-ethyl adjacent to an activating group) is 1. The van der Waals surface area contributed by atoms with Crippen LogP contribution in [0.4, 0.5) is 5.69 Å². The molecule has 5 heteroatoms. The molecule has 3 rings (SSSR count). The summed E-state index contributed by atoms with van der Waals surface area (Å²) in [6, 6.07) is 8.78. The van der Waals surface area contributed by atoms with Crippen molar-refractivity contribution in [2.75, 3.05) is 11.9 Å². The van der Waals surface area contributed by atoms with Crippen LogP contribution in [0, 0.1) is 0 Å². The van der Waals surface area contributed by atoms with Crippen molar-refractivity contribution in [3.63, 3.8) is 0 Å². The Morgan fingerprint density at radius 1 is 1.25 bits per heavy atom. The minimum atomic E-state index is -0.509. The van der Waals surface area contributed by atoms with Gasteiger partial charge in [-0.1, -0.05) is 0 Å². The van der Waals surface area contributed by atoms with Gasteiger partial charge < -0.3 is 14.1 Å². The first-order chi connectivity index (χ1) is 9.60. The van der Waals surface area contributed by atoms with Gasteiger partial charge in [-0.15, -0.1) is 0 Å². The standard InChI is InChI=1S/C15H13NO4/c1-9-15(18)16(2)12-5-3-10(7-14(12)19-9)13-6-4-11(8-17)20-13/h3-9H,1-2H3. The molecule has 1 aliphatic heterocycles. The Hall–Kier alpha value is -2.56. The molecule has 1 aliphatic rings. The highest BCUT2D eigenvalue weighted by Gasteiger charge is 2.29. The third kappa shape index (κ3) is 1.87. The fraction of sp³-hybridized carbons (Fsp3) is 0.200. The van der Waals surface area contributed by atoms with Crippen LogP contribution in [-0.2, 0) is 4.79 Å². The topological polar surface area (TPSA) is 59.8 Å². The van der Waals surface area contributed by atoms with Crippen molar-refractivity contribution < 1.29 is 18.7 Å². The summed E-state index contributed by atoms with van der Waals surface area (Å²) in [6.07, 6.45) is 0.150. The van der Waals surface area contributed by atoms with E-state index in [1.165, 1.54) is 0 Å². The smallest absolute Gasteiger partial charge is 0.267 e. The third-order valence-electron chi connectivity index (χ3n) is 3.33. The summed E-state index contributed by atoms with van der Waals surface area (Å²) < 4.78 is 11.0. The summed E-state index contributed by atoms with van der Waals surface area (Å²) in [5.41, 5.74) is 1.52. The number of aldehydes is 1. The van der Waals surface area contributed by atoms with E-state index in [0.717, 1.165) is 11.3 Å². The number of hydrogen-bond donors (Lipinski definition) is 0. The van der Waals surface area contributed by atoms with Gasteiger partial charge in [0.1, 0.15) is 11.5 Å². The second-order valence-corrected chi connectivity index (χ2v) is 4.66. The molecule has 2 aromatic rings. The van der Waals surface area contributed by atoms with Crippen LogP contribution in [0.1, 0.15) is 17.5 Å². The maximum atomic E-state index is 11.8. The minimum Gasteiger partial charge on any atom is -0.479 e. The molecule has 1 atom stereocenters. The summed E-state index contributed by atoms with van der Waals surface area (Å²) >= 11 is 0. The summed E-state index contributed by atoms with van der Waals surface area (Å²) in [4.78, 5) is 24.0. The van der Waals surface area contributed by atoms with Gasteiger partial charge in [-0.05, 0) is 37.3 Å². The number of rotatable bonds is 2. The van der Waals surface area contributed by atoms with Crippen LogP contribution < -0.4 is 9.64 Å². The van der Waals surface area contributed by atoms with Crippen molar-refractivity contribution in [1.29, 1.82) is 0 Å². The molecular formula is C15H13NO4. The van der Waals surface area contributed by atoms with Crippen molar-refractivity contribution in [3.05, 3.63) is 36.1 Å². The number of furan rings is 1. The molecule has 1 unspecified atom stereocenters. The van der Waals surface area contributed by atoms with Gasteiger partial charge in [0.25, 0.3) is 5.91 Å². The van der Waals surface area contributed by atoms with E-state index < -0.39 is 6.10 Å². The van der Waals surface area contributed by atoms with E-state index in [-0.39, 0.29) is 11.7 Å². The Labute approximate surface area is 115 Å². The lowest BCUT2D eigenvalue weighted by atomic mass is 10.1. The Balaban J connectivity index is 2.03. The van der Waals surface area contributed by atoms with Crippen molar-refractivity contribution in [3.8, 4) is 17.1 Å². The average Bonchev–Trinajstić information content (AvgIpc) is 2.93. The molecule has 1 amide bonds. The zero-order valence-electron chi connectivity index (χ0n) is 11.1. The number of nitrogens with zero attached hydrogens (tertiary/aromatic N) is 1. The molecule has 2 heterocycles. The zero-order chi connectivity index (χ0) is 14.3. The molecule has 0 spiro atoms. The molecule has 1 aromatic carbocycles. The number of anilines is 1. The number of hydrogen-bond acceptors (Lipinski definition) is 4. The predicted octanol–water partition coefficient (Wildman–Crippen LogP) is 2.50. The number of ether oxygens (including phenoxy) is 1. The van der Waals surface area contributed by atoms with Crippen LogP contribution in [0.5, 0.6) is 5.75 Å². The van der Waals surface area contributed by atoms with Crippen molar-refractivity contribution >= 4 is 17.9 Å². The van der Waals surface area contributed by atoms with E-state index in [2.05, 4.69) is 0 Å². The van der Waals surface area contributed by atoms with Crippen LogP contribution >= 0.6 is 0 Å². The highest BCUT2D eigenvalue weighted by molar-refractivity contribution is 5.99. The van der Waals surface area contributed by atoms with Crippen molar-refractivity contribution in [2.45, 2.75) is 13.0 Å². The number of amides is 1. The highest BCUT2D eigenvalue weighted by atomic mass is 16.5.